The van der Waals surface area contributed by atoms with Crippen LogP contribution in [0.5, 0.6) is 0 Å². The standard InChI is InChI=1S/C14H19NO/c1-11-6-5-9-14-15(11)13(10-16-14)12-7-3-2-4-8-12/h2-4,7-8,11,13-14H,5-6,9-10H2,1H3/t11-,13-,14?/m0/s1. The van der Waals surface area contributed by atoms with E-state index >= 15 is 0 Å². The van der Waals surface area contributed by atoms with Crippen molar-refractivity contribution in [1.29, 1.82) is 0 Å². The summed E-state index contributed by atoms with van der Waals surface area (Å²) in [6.45, 7) is 3.19. The van der Waals surface area contributed by atoms with E-state index in [4.69, 9.17) is 4.74 Å². The van der Waals surface area contributed by atoms with Gasteiger partial charge in [-0.15, -0.1) is 0 Å². The van der Waals surface area contributed by atoms with Crippen LogP contribution in [-0.4, -0.2) is 23.8 Å². The summed E-state index contributed by atoms with van der Waals surface area (Å²) in [4.78, 5) is 2.57. The molecule has 0 radical (unpaired) electrons. The Morgan fingerprint density at radius 2 is 2.00 bits per heavy atom. The van der Waals surface area contributed by atoms with Gasteiger partial charge in [-0.1, -0.05) is 30.3 Å². The first-order chi connectivity index (χ1) is 7.86. The van der Waals surface area contributed by atoms with Crippen molar-refractivity contribution in [3.63, 3.8) is 0 Å². The molecule has 0 aliphatic carbocycles. The van der Waals surface area contributed by atoms with Gasteiger partial charge in [-0.25, -0.2) is 0 Å². The second-order valence-electron chi connectivity index (χ2n) is 4.94. The molecule has 3 atom stereocenters. The van der Waals surface area contributed by atoms with E-state index in [0.717, 1.165) is 6.61 Å². The Bertz CT molecular complexity index is 351. The fourth-order valence-corrected chi connectivity index (χ4v) is 3.08. The van der Waals surface area contributed by atoms with Crippen LogP contribution < -0.4 is 0 Å². The average Bonchev–Trinajstić information content (AvgIpc) is 2.75. The zero-order chi connectivity index (χ0) is 11.0. The summed E-state index contributed by atoms with van der Waals surface area (Å²) in [6, 6.07) is 11.9. The summed E-state index contributed by atoms with van der Waals surface area (Å²) in [6.07, 6.45) is 4.19. The van der Waals surface area contributed by atoms with Crippen LogP contribution >= 0.6 is 0 Å². The first kappa shape index (κ1) is 10.3. The number of ether oxygens (including phenoxy) is 1. The number of nitrogens with zero attached hydrogens (tertiary/aromatic N) is 1. The van der Waals surface area contributed by atoms with E-state index in [0.29, 0.717) is 18.3 Å². The zero-order valence-electron chi connectivity index (χ0n) is 9.80. The molecule has 2 nitrogen and oxygen atoms in total. The minimum atomic E-state index is 0.369. The second kappa shape index (κ2) is 4.19. The molecule has 2 heteroatoms. The number of hydrogen-bond acceptors (Lipinski definition) is 2. The smallest absolute Gasteiger partial charge is 0.111 e. The molecule has 0 bridgehead atoms. The molecule has 0 N–H and O–H groups in total. The third-order valence-corrected chi connectivity index (χ3v) is 3.91. The second-order valence-corrected chi connectivity index (χ2v) is 4.94. The molecule has 1 aromatic rings. The van der Waals surface area contributed by atoms with Gasteiger partial charge in [0, 0.05) is 6.04 Å². The summed E-state index contributed by atoms with van der Waals surface area (Å²) in [5.74, 6) is 0. The largest absolute Gasteiger partial charge is 0.361 e. The van der Waals surface area contributed by atoms with E-state index in [2.05, 4.69) is 42.2 Å². The maximum Gasteiger partial charge on any atom is 0.111 e. The molecule has 0 amide bonds. The van der Waals surface area contributed by atoms with Gasteiger partial charge in [0.25, 0.3) is 0 Å². The average molecular weight is 217 g/mol. The van der Waals surface area contributed by atoms with Gasteiger partial charge in [0.2, 0.25) is 0 Å². The molecule has 3 rings (SSSR count). The minimum absolute atomic E-state index is 0.369. The number of hydrogen-bond donors (Lipinski definition) is 0. The van der Waals surface area contributed by atoms with Crippen LogP contribution in [0, 0.1) is 0 Å². The Kier molecular flexibility index (Phi) is 2.70. The monoisotopic (exact) mass is 217 g/mol. The lowest BCUT2D eigenvalue weighted by atomic mass is 9.98. The third kappa shape index (κ3) is 1.66. The maximum absolute atomic E-state index is 5.92. The van der Waals surface area contributed by atoms with Crippen molar-refractivity contribution in [3.8, 4) is 0 Å². The van der Waals surface area contributed by atoms with E-state index < -0.39 is 0 Å². The number of rotatable bonds is 1. The molecule has 0 saturated carbocycles. The number of benzene rings is 1. The van der Waals surface area contributed by atoms with Gasteiger partial charge in [0.05, 0.1) is 12.6 Å². The van der Waals surface area contributed by atoms with Gasteiger partial charge in [-0.2, -0.15) is 0 Å². The molecule has 16 heavy (non-hydrogen) atoms. The van der Waals surface area contributed by atoms with Crippen LogP contribution in [-0.2, 0) is 4.74 Å². The molecule has 2 fully saturated rings. The fraction of sp³-hybridized carbons (Fsp3) is 0.571. The highest BCUT2D eigenvalue weighted by Crippen LogP contribution is 2.38. The van der Waals surface area contributed by atoms with Crippen LogP contribution in [0.2, 0.25) is 0 Å². The van der Waals surface area contributed by atoms with Gasteiger partial charge in [-0.3, -0.25) is 4.90 Å². The molecule has 0 spiro atoms. The fourth-order valence-electron chi connectivity index (χ4n) is 3.08. The topological polar surface area (TPSA) is 12.5 Å². The van der Waals surface area contributed by atoms with E-state index in [1.54, 1.807) is 0 Å². The quantitative estimate of drug-likeness (QED) is 0.717. The van der Waals surface area contributed by atoms with Crippen molar-refractivity contribution in [2.24, 2.45) is 0 Å². The summed E-state index contributed by atoms with van der Waals surface area (Å²) in [5, 5.41) is 0. The highest BCUT2D eigenvalue weighted by Gasteiger charge is 2.40. The van der Waals surface area contributed by atoms with E-state index in [-0.39, 0.29) is 0 Å². The number of fused-ring (bicyclic) bond motifs is 1. The Morgan fingerprint density at radius 1 is 1.19 bits per heavy atom. The summed E-state index contributed by atoms with van der Waals surface area (Å²) in [5.41, 5.74) is 1.40. The minimum Gasteiger partial charge on any atom is -0.361 e. The van der Waals surface area contributed by atoms with Crippen molar-refractivity contribution in [2.75, 3.05) is 6.61 Å². The predicted octanol–water partition coefficient (Wildman–Crippen LogP) is 2.96. The van der Waals surface area contributed by atoms with Crippen molar-refractivity contribution >= 4 is 0 Å². The molecular weight excluding hydrogens is 198 g/mol. The van der Waals surface area contributed by atoms with Crippen LogP contribution in [0.25, 0.3) is 0 Å². The molecular formula is C14H19NO. The van der Waals surface area contributed by atoms with E-state index in [9.17, 15) is 0 Å². The number of piperidine rings is 1. The van der Waals surface area contributed by atoms with Gasteiger partial charge in [-0.05, 0) is 31.7 Å². The van der Waals surface area contributed by atoms with Gasteiger partial charge >= 0.3 is 0 Å². The van der Waals surface area contributed by atoms with Crippen LogP contribution in [0.1, 0.15) is 37.8 Å². The highest BCUT2D eigenvalue weighted by atomic mass is 16.5. The lowest BCUT2D eigenvalue weighted by molar-refractivity contribution is -0.0211. The van der Waals surface area contributed by atoms with E-state index in [1.165, 1.54) is 24.8 Å². The lowest BCUT2D eigenvalue weighted by Gasteiger charge is -2.37. The molecule has 2 heterocycles. The van der Waals surface area contributed by atoms with Crippen molar-refractivity contribution in [1.82, 2.24) is 4.90 Å². The van der Waals surface area contributed by atoms with Crippen molar-refractivity contribution in [2.45, 2.75) is 44.5 Å². The third-order valence-electron chi connectivity index (χ3n) is 3.91. The zero-order valence-corrected chi connectivity index (χ0v) is 9.80. The molecule has 2 saturated heterocycles. The van der Waals surface area contributed by atoms with Crippen LogP contribution in [0.15, 0.2) is 30.3 Å². The van der Waals surface area contributed by atoms with Crippen LogP contribution in [0.3, 0.4) is 0 Å². The molecule has 1 aromatic carbocycles. The summed E-state index contributed by atoms with van der Waals surface area (Å²) in [7, 11) is 0. The van der Waals surface area contributed by atoms with E-state index in [1.807, 2.05) is 0 Å². The maximum atomic E-state index is 5.92. The summed E-state index contributed by atoms with van der Waals surface area (Å²) >= 11 is 0. The van der Waals surface area contributed by atoms with Crippen molar-refractivity contribution < 1.29 is 4.74 Å². The molecule has 0 aromatic heterocycles. The highest BCUT2D eigenvalue weighted by molar-refractivity contribution is 5.20. The van der Waals surface area contributed by atoms with Gasteiger partial charge < -0.3 is 4.74 Å². The van der Waals surface area contributed by atoms with Crippen LogP contribution in [0.4, 0.5) is 0 Å². The Balaban J connectivity index is 1.86. The summed E-state index contributed by atoms with van der Waals surface area (Å²) < 4.78 is 5.92. The lowest BCUT2D eigenvalue weighted by Crippen LogP contribution is -2.42. The Morgan fingerprint density at radius 3 is 2.81 bits per heavy atom. The van der Waals surface area contributed by atoms with Gasteiger partial charge in [0.1, 0.15) is 6.23 Å². The molecule has 86 valence electrons. The molecule has 2 aliphatic rings. The molecule has 1 unspecified atom stereocenters. The van der Waals surface area contributed by atoms with Crippen molar-refractivity contribution in [3.05, 3.63) is 35.9 Å². The first-order valence-electron chi connectivity index (χ1n) is 6.30. The normalized spacial score (nSPS) is 34.9. The molecule has 2 aliphatic heterocycles. The predicted molar refractivity (Wildman–Crippen MR) is 64.1 cm³/mol. The first-order valence-corrected chi connectivity index (χ1v) is 6.30. The Hall–Kier alpha value is -0.860. The van der Waals surface area contributed by atoms with Gasteiger partial charge in [0.15, 0.2) is 0 Å². The Labute approximate surface area is 97.2 Å². The SMILES string of the molecule is C[C@H]1CCCC2OC[C@@H](c3ccccc3)N21.